The number of hydrogen-bond donors (Lipinski definition) is 0. The fourth-order valence-corrected chi connectivity index (χ4v) is 2.70. The van der Waals surface area contributed by atoms with Crippen molar-refractivity contribution < 1.29 is 9.53 Å². The van der Waals surface area contributed by atoms with Crippen LogP contribution >= 0.6 is 0 Å². The van der Waals surface area contributed by atoms with E-state index in [1.54, 1.807) is 13.2 Å². The zero-order chi connectivity index (χ0) is 16.4. The number of aromatic nitrogens is 2. The van der Waals surface area contributed by atoms with Crippen LogP contribution in [0.15, 0.2) is 30.3 Å². The molecule has 2 aromatic rings. The summed E-state index contributed by atoms with van der Waals surface area (Å²) in [7, 11) is 1.67. The van der Waals surface area contributed by atoms with Crippen molar-refractivity contribution in [2.75, 3.05) is 7.11 Å². The predicted octanol–water partition coefficient (Wildman–Crippen LogP) is 3.55. The maximum Gasteiger partial charge on any atom is 0.158 e. The van der Waals surface area contributed by atoms with Gasteiger partial charge in [-0.05, 0) is 56.5 Å². The lowest BCUT2D eigenvalue weighted by molar-refractivity contribution is -0.115. The second kappa shape index (κ2) is 6.41. The first kappa shape index (κ1) is 15.5. The second-order valence-electron chi connectivity index (χ2n) is 6.17. The van der Waals surface area contributed by atoms with E-state index in [1.807, 2.05) is 36.7 Å². The highest BCUT2D eigenvalue weighted by atomic mass is 16.5. The fourth-order valence-electron chi connectivity index (χ4n) is 2.70. The summed E-state index contributed by atoms with van der Waals surface area (Å²) in [5, 5.41) is 4.51. The summed E-state index contributed by atoms with van der Waals surface area (Å²) in [5.74, 6) is 1.34. The number of methoxy groups -OCH3 is 1. The van der Waals surface area contributed by atoms with Crippen LogP contribution < -0.4 is 4.74 Å². The highest BCUT2D eigenvalue weighted by molar-refractivity contribution is 5.96. The molecular formula is C19H22N2O2. The van der Waals surface area contributed by atoms with Gasteiger partial charge < -0.3 is 4.74 Å². The van der Waals surface area contributed by atoms with E-state index in [9.17, 15) is 4.79 Å². The fraction of sp³-hybridized carbons (Fsp3) is 0.368. The Bertz CT molecular complexity index is 755. The molecule has 1 heterocycles. The zero-order valence-electron chi connectivity index (χ0n) is 13.9. The van der Waals surface area contributed by atoms with E-state index in [0.717, 1.165) is 41.1 Å². The molecule has 1 aromatic carbocycles. The molecule has 0 atom stereocenters. The maximum absolute atomic E-state index is 11.8. The molecule has 120 valence electrons. The highest BCUT2D eigenvalue weighted by Gasteiger charge is 2.27. The average molecular weight is 310 g/mol. The molecule has 0 N–H and O–H groups in total. The Labute approximate surface area is 136 Å². The van der Waals surface area contributed by atoms with E-state index in [4.69, 9.17) is 4.74 Å². The topological polar surface area (TPSA) is 44.1 Å². The molecule has 23 heavy (non-hydrogen) atoms. The average Bonchev–Trinajstić information content (AvgIpc) is 3.32. The molecule has 1 aliphatic carbocycles. The van der Waals surface area contributed by atoms with Crippen LogP contribution in [0, 0.1) is 19.8 Å². The molecule has 0 amide bonds. The lowest BCUT2D eigenvalue weighted by Crippen LogP contribution is -2.05. The smallest absolute Gasteiger partial charge is 0.158 e. The van der Waals surface area contributed by atoms with Gasteiger partial charge in [0.25, 0.3) is 0 Å². The minimum absolute atomic E-state index is 0.237. The van der Waals surface area contributed by atoms with E-state index in [0.29, 0.717) is 6.54 Å². The van der Waals surface area contributed by atoms with Crippen molar-refractivity contribution in [2.45, 2.75) is 33.2 Å². The van der Waals surface area contributed by atoms with Gasteiger partial charge in [0, 0.05) is 17.2 Å². The van der Waals surface area contributed by atoms with Crippen LogP contribution in [0.25, 0.3) is 6.08 Å². The first-order valence-corrected chi connectivity index (χ1v) is 7.96. The summed E-state index contributed by atoms with van der Waals surface area (Å²) in [6.45, 7) is 4.69. The van der Waals surface area contributed by atoms with Crippen molar-refractivity contribution in [3.8, 4) is 5.75 Å². The van der Waals surface area contributed by atoms with Gasteiger partial charge in [-0.25, -0.2) is 0 Å². The van der Waals surface area contributed by atoms with Gasteiger partial charge in [-0.1, -0.05) is 12.1 Å². The van der Waals surface area contributed by atoms with Gasteiger partial charge in [-0.3, -0.25) is 9.48 Å². The number of benzene rings is 1. The molecule has 0 radical (unpaired) electrons. The number of ether oxygens (including phenoxy) is 1. The normalized spacial score (nSPS) is 14.4. The number of carbonyl (C=O) groups excluding carboxylic acids is 1. The molecule has 4 heteroatoms. The molecule has 0 bridgehead atoms. The van der Waals surface area contributed by atoms with Crippen molar-refractivity contribution in [2.24, 2.45) is 5.92 Å². The molecule has 4 nitrogen and oxygen atoms in total. The van der Waals surface area contributed by atoms with Gasteiger partial charge in [0.05, 0.1) is 19.3 Å². The number of allylic oxidation sites excluding steroid dienone is 1. The zero-order valence-corrected chi connectivity index (χ0v) is 13.9. The van der Waals surface area contributed by atoms with E-state index < -0.39 is 0 Å². The monoisotopic (exact) mass is 310 g/mol. The van der Waals surface area contributed by atoms with E-state index >= 15 is 0 Å². The van der Waals surface area contributed by atoms with E-state index in [2.05, 4.69) is 17.2 Å². The summed E-state index contributed by atoms with van der Waals surface area (Å²) in [6.07, 6.45) is 5.67. The van der Waals surface area contributed by atoms with Crippen LogP contribution in [0.4, 0.5) is 0 Å². The summed E-state index contributed by atoms with van der Waals surface area (Å²) >= 11 is 0. The van der Waals surface area contributed by atoms with Crippen molar-refractivity contribution in [1.29, 1.82) is 0 Å². The first-order valence-electron chi connectivity index (χ1n) is 7.96. The third-order valence-electron chi connectivity index (χ3n) is 4.15. The van der Waals surface area contributed by atoms with Crippen LogP contribution in [-0.4, -0.2) is 22.7 Å². The predicted molar refractivity (Wildman–Crippen MR) is 90.6 cm³/mol. The number of ketones is 1. The standard InChI is InChI=1S/C19H22N2O2/c1-13-10-14(2)21(20-13)12-17-11-15(5-9-19(17)23-3)4-8-18(22)16-6-7-16/h4-5,8-11,16H,6-7,12H2,1-3H3/b8-4+. The molecule has 0 saturated heterocycles. The van der Waals surface area contributed by atoms with Crippen LogP contribution in [0.1, 0.15) is 35.4 Å². The molecular weight excluding hydrogens is 288 g/mol. The minimum Gasteiger partial charge on any atom is -0.496 e. The number of rotatable bonds is 6. The van der Waals surface area contributed by atoms with Crippen molar-refractivity contribution >= 4 is 11.9 Å². The number of hydrogen-bond acceptors (Lipinski definition) is 3. The number of aryl methyl sites for hydroxylation is 2. The summed E-state index contributed by atoms with van der Waals surface area (Å²) in [4.78, 5) is 11.8. The van der Waals surface area contributed by atoms with Crippen LogP contribution in [0.5, 0.6) is 5.75 Å². The lowest BCUT2D eigenvalue weighted by Gasteiger charge is -2.11. The molecule has 1 saturated carbocycles. The molecule has 1 aromatic heterocycles. The quantitative estimate of drug-likeness (QED) is 0.766. The Morgan fingerprint density at radius 2 is 2.13 bits per heavy atom. The Hall–Kier alpha value is -2.36. The Balaban J connectivity index is 1.83. The van der Waals surface area contributed by atoms with Gasteiger partial charge >= 0.3 is 0 Å². The number of nitrogens with zero attached hydrogens (tertiary/aromatic N) is 2. The Kier molecular flexibility index (Phi) is 4.33. The van der Waals surface area contributed by atoms with Crippen molar-refractivity contribution in [3.63, 3.8) is 0 Å². The summed E-state index contributed by atoms with van der Waals surface area (Å²) in [6, 6.07) is 8.04. The molecule has 1 fully saturated rings. The van der Waals surface area contributed by atoms with Crippen LogP contribution in [0.2, 0.25) is 0 Å². The van der Waals surface area contributed by atoms with Crippen molar-refractivity contribution in [3.05, 3.63) is 52.9 Å². The van der Waals surface area contributed by atoms with Crippen LogP contribution in [0.3, 0.4) is 0 Å². The minimum atomic E-state index is 0.237. The van der Waals surface area contributed by atoms with Crippen LogP contribution in [-0.2, 0) is 11.3 Å². The first-order chi connectivity index (χ1) is 11.1. The summed E-state index contributed by atoms with van der Waals surface area (Å²) < 4.78 is 7.43. The van der Waals surface area contributed by atoms with E-state index in [-0.39, 0.29) is 11.7 Å². The Morgan fingerprint density at radius 1 is 1.35 bits per heavy atom. The van der Waals surface area contributed by atoms with Gasteiger partial charge in [-0.2, -0.15) is 5.10 Å². The van der Waals surface area contributed by atoms with Gasteiger partial charge in [-0.15, -0.1) is 0 Å². The molecule has 1 aliphatic rings. The Morgan fingerprint density at radius 3 is 2.74 bits per heavy atom. The third-order valence-corrected chi connectivity index (χ3v) is 4.15. The molecule has 0 unspecified atom stereocenters. The summed E-state index contributed by atoms with van der Waals surface area (Å²) in [5.41, 5.74) is 4.19. The largest absolute Gasteiger partial charge is 0.496 e. The number of carbonyl (C=O) groups is 1. The van der Waals surface area contributed by atoms with E-state index in [1.165, 1.54) is 0 Å². The molecule has 0 aliphatic heterocycles. The maximum atomic E-state index is 11.8. The lowest BCUT2D eigenvalue weighted by atomic mass is 10.1. The van der Waals surface area contributed by atoms with Gasteiger partial charge in [0.1, 0.15) is 5.75 Å². The highest BCUT2D eigenvalue weighted by Crippen LogP contribution is 2.30. The van der Waals surface area contributed by atoms with Gasteiger partial charge in [0.15, 0.2) is 5.78 Å². The second-order valence-corrected chi connectivity index (χ2v) is 6.17. The SMILES string of the molecule is COc1ccc(/C=C/C(=O)C2CC2)cc1Cn1nc(C)cc1C. The van der Waals surface area contributed by atoms with Gasteiger partial charge in [0.2, 0.25) is 0 Å². The van der Waals surface area contributed by atoms with Crippen molar-refractivity contribution in [1.82, 2.24) is 9.78 Å². The molecule has 3 rings (SSSR count). The third kappa shape index (κ3) is 3.70. The molecule has 0 spiro atoms.